The van der Waals surface area contributed by atoms with E-state index in [-0.39, 0.29) is 68.9 Å². The summed E-state index contributed by atoms with van der Waals surface area (Å²) in [4.78, 5) is -0.0615. The molecule has 182 valence electrons. The van der Waals surface area contributed by atoms with Crippen molar-refractivity contribution >= 4 is 50.1 Å². The Hall–Kier alpha value is -1.75. The van der Waals surface area contributed by atoms with E-state index in [9.17, 15) is 21.7 Å². The smallest absolute Gasteiger partial charge is 0.774 e. The van der Waals surface area contributed by atoms with E-state index in [0.29, 0.717) is 11.1 Å². The van der Waals surface area contributed by atoms with Crippen LogP contribution in [-0.4, -0.2) is 27.6 Å². The van der Waals surface area contributed by atoms with E-state index in [2.05, 4.69) is 5.87 Å². The van der Waals surface area contributed by atoms with Gasteiger partial charge in [-0.3, -0.25) is 4.21 Å². The van der Waals surface area contributed by atoms with E-state index in [1.165, 1.54) is 18.2 Å². The number of benzene rings is 4. The van der Waals surface area contributed by atoms with Gasteiger partial charge in [-0.2, -0.15) is 0 Å². The molecule has 4 rings (SSSR count). The van der Waals surface area contributed by atoms with Crippen molar-refractivity contribution in [1.29, 1.82) is 0 Å². The molecule has 0 saturated carbocycles. The van der Waals surface area contributed by atoms with Crippen LogP contribution in [0.25, 0.3) is 35.4 Å². The molecule has 1 atom stereocenters. The summed E-state index contributed by atoms with van der Waals surface area (Å²) < 4.78 is 58.1. The van der Waals surface area contributed by atoms with Crippen molar-refractivity contribution in [3.63, 3.8) is 0 Å². The average molecular weight is 561 g/mol. The predicted molar refractivity (Wildman–Crippen MR) is 145 cm³/mol. The second-order valence-corrected chi connectivity index (χ2v) is 11.1. The first kappa shape index (κ1) is 32.5. The average Bonchev–Trinajstić information content (AvgIpc) is 2.86. The standard InChI is InChI=1S/C29H24O5S2.2Na/c1-35(30,31)28-8-4-2-6-26(28)20-14-22-10-16-24(17-11-22)25-18-12-23(13-19-25)15-21-27-7-3-5-9-29(27)36(32,33)34;;/h2-21H,1H2,(H,30,31)(H,32,33,34);;/q;2*+1/p-2/b20-14+,21-15+;;. The van der Waals surface area contributed by atoms with E-state index < -0.39 is 19.9 Å². The topological polar surface area (TPSA) is 97.3 Å². The number of hydrogen-bond acceptors (Lipinski definition) is 5. The van der Waals surface area contributed by atoms with Gasteiger partial charge in [0.15, 0.2) is 0 Å². The molecule has 0 aromatic heterocycles. The molecule has 0 spiro atoms. The molecule has 0 aliphatic heterocycles. The van der Waals surface area contributed by atoms with Gasteiger partial charge in [0.1, 0.15) is 10.1 Å². The summed E-state index contributed by atoms with van der Waals surface area (Å²) in [7, 11) is -8.11. The Bertz CT molecular complexity index is 1530. The largest absolute Gasteiger partial charge is 1.00 e. The molecule has 0 saturated heterocycles. The third-order valence-electron chi connectivity index (χ3n) is 5.51. The van der Waals surface area contributed by atoms with Gasteiger partial charge in [-0.25, -0.2) is 8.42 Å². The summed E-state index contributed by atoms with van der Waals surface area (Å²) in [6.07, 6.45) is 6.97. The van der Waals surface area contributed by atoms with Gasteiger partial charge in [-0.05, 0) is 45.5 Å². The van der Waals surface area contributed by atoms with Crippen molar-refractivity contribution in [2.24, 2.45) is 0 Å². The van der Waals surface area contributed by atoms with Crippen LogP contribution in [0.2, 0.25) is 0 Å². The first-order chi connectivity index (χ1) is 17.1. The Balaban J connectivity index is 0.00000253. The van der Waals surface area contributed by atoms with Gasteiger partial charge in [-0.1, -0.05) is 125 Å². The molecule has 0 heterocycles. The zero-order valence-electron chi connectivity index (χ0n) is 21.1. The van der Waals surface area contributed by atoms with Crippen LogP contribution in [0.3, 0.4) is 0 Å². The van der Waals surface area contributed by atoms with E-state index in [1.807, 2.05) is 54.6 Å². The molecule has 0 N–H and O–H groups in total. The Morgan fingerprint density at radius 2 is 0.895 bits per heavy atom. The Morgan fingerprint density at radius 1 is 0.526 bits per heavy atom. The van der Waals surface area contributed by atoms with Gasteiger partial charge >= 0.3 is 59.1 Å². The van der Waals surface area contributed by atoms with Crippen LogP contribution in [0.1, 0.15) is 22.3 Å². The Morgan fingerprint density at radius 3 is 1.29 bits per heavy atom. The van der Waals surface area contributed by atoms with Gasteiger partial charge < -0.3 is 9.11 Å². The van der Waals surface area contributed by atoms with Gasteiger partial charge in [0, 0.05) is 4.90 Å². The number of hydrogen-bond donors (Lipinski definition) is 0. The van der Waals surface area contributed by atoms with Crippen LogP contribution in [0.15, 0.2) is 107 Å². The van der Waals surface area contributed by atoms with Crippen LogP contribution < -0.4 is 59.1 Å². The molecule has 0 aliphatic rings. The van der Waals surface area contributed by atoms with Crippen molar-refractivity contribution in [2.75, 3.05) is 0 Å². The van der Waals surface area contributed by atoms with Crippen molar-refractivity contribution in [1.82, 2.24) is 0 Å². The molecule has 0 amide bonds. The van der Waals surface area contributed by atoms with Crippen LogP contribution in [0, 0.1) is 0 Å². The first-order valence-corrected chi connectivity index (χ1v) is 14.0. The normalized spacial score (nSPS) is 13.0. The fraction of sp³-hybridized carbons (Fsp3) is 0. The monoisotopic (exact) mass is 560 g/mol. The minimum atomic E-state index is -4.55. The maximum atomic E-state index is 11.9. The van der Waals surface area contributed by atoms with E-state index in [4.69, 9.17) is 0 Å². The predicted octanol–water partition coefficient (Wildman–Crippen LogP) is -0.188. The fourth-order valence-electron chi connectivity index (χ4n) is 3.69. The third kappa shape index (κ3) is 8.63. The molecule has 0 aliphatic carbocycles. The summed E-state index contributed by atoms with van der Waals surface area (Å²) >= 11 is 0. The van der Waals surface area contributed by atoms with Crippen molar-refractivity contribution in [2.45, 2.75) is 9.79 Å². The maximum Gasteiger partial charge on any atom is 1.00 e. The molecule has 5 nitrogen and oxygen atoms in total. The molecule has 0 fully saturated rings. The molecular formula is C29H22Na2O5S2. The molecule has 4 aromatic rings. The second-order valence-electron chi connectivity index (χ2n) is 8.06. The van der Waals surface area contributed by atoms with Crippen LogP contribution in [0.4, 0.5) is 0 Å². The van der Waals surface area contributed by atoms with Gasteiger partial charge in [0.05, 0.1) is 4.90 Å². The second kappa shape index (κ2) is 14.1. The van der Waals surface area contributed by atoms with Crippen molar-refractivity contribution < 1.29 is 80.8 Å². The van der Waals surface area contributed by atoms with E-state index in [0.717, 1.165) is 22.3 Å². The minimum absolute atomic E-state index is 0. The summed E-state index contributed by atoms with van der Waals surface area (Å²) in [6, 6.07) is 28.4. The summed E-state index contributed by atoms with van der Waals surface area (Å²) in [5.41, 5.74) is 4.70. The molecule has 1 unspecified atom stereocenters. The van der Waals surface area contributed by atoms with Crippen LogP contribution in [0.5, 0.6) is 0 Å². The summed E-state index contributed by atoms with van der Waals surface area (Å²) in [5, 5.41) is 0. The van der Waals surface area contributed by atoms with Gasteiger partial charge in [-0.15, -0.1) is 0 Å². The zero-order chi connectivity index (χ0) is 25.8. The molecule has 0 radical (unpaired) electrons. The summed E-state index contributed by atoms with van der Waals surface area (Å²) in [6.45, 7) is 0. The van der Waals surface area contributed by atoms with Crippen LogP contribution in [-0.2, 0) is 19.9 Å². The Labute approximate surface area is 268 Å². The van der Waals surface area contributed by atoms with Crippen LogP contribution >= 0.6 is 0 Å². The minimum Gasteiger partial charge on any atom is -0.774 e. The fourth-order valence-corrected chi connectivity index (χ4v) is 5.14. The zero-order valence-corrected chi connectivity index (χ0v) is 26.7. The number of rotatable bonds is 7. The quantitative estimate of drug-likeness (QED) is 0.135. The third-order valence-corrected chi connectivity index (χ3v) is 7.46. The Kier molecular flexibility index (Phi) is 12.0. The molecule has 9 heteroatoms. The molecule has 4 aromatic carbocycles. The summed E-state index contributed by atoms with van der Waals surface area (Å²) in [5.74, 6) is 3.25. The van der Waals surface area contributed by atoms with E-state index in [1.54, 1.807) is 48.6 Å². The van der Waals surface area contributed by atoms with Gasteiger partial charge in [0.25, 0.3) is 0 Å². The van der Waals surface area contributed by atoms with Gasteiger partial charge in [0.2, 0.25) is 0 Å². The first-order valence-electron chi connectivity index (χ1n) is 10.9. The maximum absolute atomic E-state index is 11.9. The van der Waals surface area contributed by atoms with Crippen molar-refractivity contribution in [3.05, 3.63) is 119 Å². The van der Waals surface area contributed by atoms with E-state index >= 15 is 0 Å². The molecule has 38 heavy (non-hydrogen) atoms. The van der Waals surface area contributed by atoms with Crippen molar-refractivity contribution in [3.8, 4) is 11.1 Å². The molecule has 0 bridgehead atoms. The molecular weight excluding hydrogens is 538 g/mol. The SMILES string of the molecule is C=S(=O)([O-])c1ccccc1/C=C/c1ccc(-c2ccc(/C=C/c3ccccc3S(=O)(=O)[O-])cc2)cc1.[Na+].[Na+].